The number of rotatable bonds is 3. The zero-order chi connectivity index (χ0) is 13.9. The number of nitrogens with zero attached hydrogens (tertiary/aromatic N) is 1. The maximum absolute atomic E-state index is 12.6. The van der Waals surface area contributed by atoms with Crippen molar-refractivity contribution < 1.29 is 4.79 Å². The van der Waals surface area contributed by atoms with Crippen molar-refractivity contribution in [3.63, 3.8) is 0 Å². The fourth-order valence-electron chi connectivity index (χ4n) is 4.69. The Morgan fingerprint density at radius 1 is 1.05 bits per heavy atom. The summed E-state index contributed by atoms with van der Waals surface area (Å²) in [5, 5.41) is 3.49. The molecule has 1 aliphatic heterocycles. The van der Waals surface area contributed by atoms with Crippen molar-refractivity contribution in [3.05, 3.63) is 0 Å². The van der Waals surface area contributed by atoms with Gasteiger partial charge in [0.25, 0.3) is 0 Å². The zero-order valence-electron chi connectivity index (χ0n) is 12.9. The Balaban J connectivity index is 1.55. The number of amides is 1. The number of likely N-dealkylation sites (tertiary alicyclic amines) is 1. The van der Waals surface area contributed by atoms with E-state index in [1.165, 1.54) is 57.8 Å². The van der Waals surface area contributed by atoms with Crippen LogP contribution in [0.15, 0.2) is 0 Å². The second-order valence-corrected chi connectivity index (χ2v) is 7.23. The van der Waals surface area contributed by atoms with E-state index in [4.69, 9.17) is 0 Å². The highest BCUT2D eigenvalue weighted by Crippen LogP contribution is 2.38. The topological polar surface area (TPSA) is 32.3 Å². The van der Waals surface area contributed by atoms with Crippen molar-refractivity contribution in [1.82, 2.24) is 10.2 Å². The molecule has 3 aliphatic rings. The normalized spacial score (nSPS) is 35.0. The van der Waals surface area contributed by atoms with Gasteiger partial charge in [-0.15, -0.1) is 0 Å². The summed E-state index contributed by atoms with van der Waals surface area (Å²) < 4.78 is 0. The molecule has 0 aromatic rings. The summed E-state index contributed by atoms with van der Waals surface area (Å²) in [6, 6.07) is 1.15. The van der Waals surface area contributed by atoms with Crippen LogP contribution in [0.3, 0.4) is 0 Å². The molecule has 3 atom stereocenters. The van der Waals surface area contributed by atoms with Gasteiger partial charge in [-0.25, -0.2) is 0 Å². The molecule has 1 heterocycles. The first kappa shape index (κ1) is 14.4. The van der Waals surface area contributed by atoms with Crippen LogP contribution in [-0.2, 0) is 4.79 Å². The maximum atomic E-state index is 12.6. The van der Waals surface area contributed by atoms with E-state index in [-0.39, 0.29) is 0 Å². The van der Waals surface area contributed by atoms with Gasteiger partial charge in [0.15, 0.2) is 0 Å². The molecule has 1 saturated heterocycles. The Morgan fingerprint density at radius 3 is 2.55 bits per heavy atom. The summed E-state index contributed by atoms with van der Waals surface area (Å²) in [5.74, 6) is 1.95. The van der Waals surface area contributed by atoms with Gasteiger partial charge >= 0.3 is 0 Å². The lowest BCUT2D eigenvalue weighted by atomic mass is 9.72. The molecule has 1 N–H and O–H groups in total. The molecule has 2 aliphatic carbocycles. The Kier molecular flexibility index (Phi) is 4.65. The molecule has 0 bridgehead atoms. The number of piperidine rings is 1. The molecule has 0 spiro atoms. The van der Waals surface area contributed by atoms with E-state index >= 15 is 0 Å². The molecule has 0 aromatic heterocycles. The lowest BCUT2D eigenvalue weighted by Gasteiger charge is -2.47. The summed E-state index contributed by atoms with van der Waals surface area (Å²) in [4.78, 5) is 14.8. The first-order valence-electron chi connectivity index (χ1n) is 8.78. The molecule has 0 radical (unpaired) electrons. The van der Waals surface area contributed by atoms with Gasteiger partial charge in [0.1, 0.15) is 0 Å². The van der Waals surface area contributed by atoms with Crippen molar-refractivity contribution in [2.45, 2.75) is 76.8 Å². The fraction of sp³-hybridized carbons (Fsp3) is 0.941. The molecule has 0 aromatic carbocycles. The van der Waals surface area contributed by atoms with Crippen LogP contribution < -0.4 is 5.32 Å². The second kappa shape index (κ2) is 6.46. The van der Waals surface area contributed by atoms with E-state index in [0.29, 0.717) is 24.5 Å². The minimum Gasteiger partial charge on any atom is -0.338 e. The average molecular weight is 278 g/mol. The van der Waals surface area contributed by atoms with Crippen LogP contribution in [0.5, 0.6) is 0 Å². The maximum Gasteiger partial charge on any atom is 0.236 e. The van der Waals surface area contributed by atoms with Crippen molar-refractivity contribution in [2.75, 3.05) is 13.1 Å². The van der Waals surface area contributed by atoms with Crippen molar-refractivity contribution >= 4 is 5.91 Å². The van der Waals surface area contributed by atoms with E-state index in [1.807, 2.05) is 0 Å². The van der Waals surface area contributed by atoms with Crippen LogP contribution in [0.1, 0.15) is 64.7 Å². The monoisotopic (exact) mass is 278 g/mol. The number of carbonyl (C=O) groups excluding carboxylic acids is 1. The number of hydrogen-bond donors (Lipinski definition) is 1. The van der Waals surface area contributed by atoms with E-state index < -0.39 is 0 Å². The Bertz CT molecular complexity index is 338. The molecule has 3 unspecified atom stereocenters. The predicted molar refractivity (Wildman–Crippen MR) is 81.5 cm³/mol. The summed E-state index contributed by atoms with van der Waals surface area (Å²) in [6.45, 7) is 3.96. The van der Waals surface area contributed by atoms with Crippen LogP contribution in [0.4, 0.5) is 0 Å². The fourth-order valence-corrected chi connectivity index (χ4v) is 4.69. The van der Waals surface area contributed by atoms with Gasteiger partial charge in [0, 0.05) is 18.6 Å². The third kappa shape index (κ3) is 3.03. The minimum atomic E-state index is 0.362. The minimum absolute atomic E-state index is 0.362. The van der Waals surface area contributed by atoms with E-state index in [1.54, 1.807) is 0 Å². The van der Waals surface area contributed by atoms with Gasteiger partial charge in [0.2, 0.25) is 5.91 Å². The molecule has 3 fully saturated rings. The molecule has 3 nitrogen and oxygen atoms in total. The highest BCUT2D eigenvalue weighted by atomic mass is 16.2. The molecule has 1 amide bonds. The average Bonchev–Trinajstić information content (AvgIpc) is 2.99. The number of nitrogens with one attached hydrogen (secondary N) is 1. The highest BCUT2D eigenvalue weighted by Gasteiger charge is 2.39. The quantitative estimate of drug-likeness (QED) is 0.861. The molecule has 3 rings (SSSR count). The molecular formula is C17H30N2O. The standard InChI is InChI=1S/C17H30N2O/c1-13-10-11-19(16-9-5-4-8-15(13)16)17(20)12-18-14-6-2-3-7-14/h13-16,18H,2-12H2,1H3. The largest absolute Gasteiger partial charge is 0.338 e. The highest BCUT2D eigenvalue weighted by molar-refractivity contribution is 5.78. The van der Waals surface area contributed by atoms with E-state index in [0.717, 1.165) is 18.4 Å². The zero-order valence-corrected chi connectivity index (χ0v) is 12.9. The lowest BCUT2D eigenvalue weighted by Crippen LogP contribution is -2.54. The van der Waals surface area contributed by atoms with Gasteiger partial charge in [0.05, 0.1) is 6.54 Å². The van der Waals surface area contributed by atoms with Gasteiger partial charge in [-0.1, -0.05) is 32.6 Å². The van der Waals surface area contributed by atoms with Crippen LogP contribution >= 0.6 is 0 Å². The Morgan fingerprint density at radius 2 is 1.75 bits per heavy atom. The van der Waals surface area contributed by atoms with Gasteiger partial charge in [-0.2, -0.15) is 0 Å². The third-order valence-electron chi connectivity index (χ3n) is 5.96. The Labute approximate surface area is 123 Å². The number of fused-ring (bicyclic) bond motifs is 1. The van der Waals surface area contributed by atoms with Gasteiger partial charge in [-0.05, 0) is 43.9 Å². The smallest absolute Gasteiger partial charge is 0.236 e. The summed E-state index contributed by atoms with van der Waals surface area (Å²) in [6.07, 6.45) is 11.6. The van der Waals surface area contributed by atoms with Gasteiger partial charge < -0.3 is 10.2 Å². The van der Waals surface area contributed by atoms with Gasteiger partial charge in [-0.3, -0.25) is 4.79 Å². The van der Waals surface area contributed by atoms with Crippen molar-refractivity contribution in [3.8, 4) is 0 Å². The number of hydrogen-bond acceptors (Lipinski definition) is 2. The molecular weight excluding hydrogens is 248 g/mol. The third-order valence-corrected chi connectivity index (χ3v) is 5.96. The summed E-state index contributed by atoms with van der Waals surface area (Å²) >= 11 is 0. The summed E-state index contributed by atoms with van der Waals surface area (Å²) in [7, 11) is 0. The lowest BCUT2D eigenvalue weighted by molar-refractivity contribution is -0.138. The summed E-state index contributed by atoms with van der Waals surface area (Å²) in [5.41, 5.74) is 0. The molecule has 114 valence electrons. The van der Waals surface area contributed by atoms with Crippen LogP contribution in [0.25, 0.3) is 0 Å². The van der Waals surface area contributed by atoms with Crippen molar-refractivity contribution in [2.24, 2.45) is 11.8 Å². The Hall–Kier alpha value is -0.570. The second-order valence-electron chi connectivity index (χ2n) is 7.23. The molecule has 20 heavy (non-hydrogen) atoms. The molecule has 2 saturated carbocycles. The first-order chi connectivity index (χ1) is 9.75. The van der Waals surface area contributed by atoms with E-state index in [2.05, 4.69) is 17.1 Å². The number of carbonyl (C=O) groups is 1. The van der Waals surface area contributed by atoms with E-state index in [9.17, 15) is 4.79 Å². The van der Waals surface area contributed by atoms with Crippen LogP contribution in [0, 0.1) is 11.8 Å². The SMILES string of the molecule is CC1CCN(C(=O)CNC2CCCC2)C2CCCCC12. The molecule has 3 heteroatoms. The van der Waals surface area contributed by atoms with Crippen LogP contribution in [-0.4, -0.2) is 36.0 Å². The predicted octanol–water partition coefficient (Wildman–Crippen LogP) is 2.95. The first-order valence-corrected chi connectivity index (χ1v) is 8.78. The van der Waals surface area contributed by atoms with Crippen LogP contribution in [0.2, 0.25) is 0 Å². The van der Waals surface area contributed by atoms with Crippen molar-refractivity contribution in [1.29, 1.82) is 0 Å².